The van der Waals surface area contributed by atoms with Crippen LogP contribution in [-0.2, 0) is 29.1 Å². The second kappa shape index (κ2) is 9.52. The molecule has 0 atom stereocenters. The first kappa shape index (κ1) is 17.6. The van der Waals surface area contributed by atoms with Crippen molar-refractivity contribution >= 4 is 11.9 Å². The summed E-state index contributed by atoms with van der Waals surface area (Å²) in [6, 6.07) is 0. The van der Waals surface area contributed by atoms with Crippen LogP contribution < -0.4 is 0 Å². The molecule has 0 radical (unpaired) electrons. The van der Waals surface area contributed by atoms with E-state index in [1.807, 2.05) is 0 Å². The summed E-state index contributed by atoms with van der Waals surface area (Å²) in [7, 11) is 0. The van der Waals surface area contributed by atoms with Crippen molar-refractivity contribution in [2.45, 2.75) is 52.6 Å². The van der Waals surface area contributed by atoms with E-state index in [0.717, 1.165) is 31.4 Å². The number of hydrogen-bond donors (Lipinski definition) is 0. The molecule has 0 rings (SSSR count). The second-order valence-corrected chi connectivity index (χ2v) is 4.87. The number of carbonyl (C=O) groups is 2. The van der Waals surface area contributed by atoms with Crippen LogP contribution in [0.25, 0.3) is 0 Å². The van der Waals surface area contributed by atoms with Crippen LogP contribution in [0.5, 0.6) is 0 Å². The van der Waals surface area contributed by atoms with Gasteiger partial charge in [-0.1, -0.05) is 19.8 Å². The van der Waals surface area contributed by atoms with E-state index >= 15 is 0 Å². The zero-order valence-corrected chi connectivity index (χ0v) is 11.9. The van der Waals surface area contributed by atoms with Crippen LogP contribution in [0.2, 0.25) is 0 Å². The van der Waals surface area contributed by atoms with E-state index in [2.05, 4.69) is 16.8 Å². The van der Waals surface area contributed by atoms with Crippen LogP contribution in [-0.4, -0.2) is 24.1 Å². The van der Waals surface area contributed by atoms with Gasteiger partial charge in [0.1, 0.15) is 0 Å². The molecule has 0 aromatic rings. The monoisotopic (exact) mass is 274 g/mol. The first-order chi connectivity index (χ1) is 8.85. The molecule has 6 nitrogen and oxygen atoms in total. The predicted molar refractivity (Wildman–Crippen MR) is 67.6 cm³/mol. The van der Waals surface area contributed by atoms with Crippen molar-refractivity contribution in [3.8, 4) is 0 Å². The number of rotatable bonds is 8. The molecule has 0 saturated heterocycles. The average molecular weight is 274 g/mol. The van der Waals surface area contributed by atoms with E-state index in [0.29, 0.717) is 6.61 Å². The molecule has 0 aromatic heterocycles. The molecule has 0 saturated carbocycles. The molecular weight excluding hydrogens is 252 g/mol. The highest BCUT2D eigenvalue weighted by molar-refractivity contribution is 5.91. The van der Waals surface area contributed by atoms with Gasteiger partial charge in [0.2, 0.25) is 0 Å². The molecule has 0 unspecified atom stereocenters. The normalized spacial score (nSPS) is 11.6. The molecule has 0 N–H and O–H groups in total. The lowest BCUT2D eigenvalue weighted by Gasteiger charge is -2.14. The minimum atomic E-state index is -0.852. The highest BCUT2D eigenvalue weighted by Gasteiger charge is 2.13. The average Bonchev–Trinajstić information content (AvgIpc) is 2.30. The second-order valence-electron chi connectivity index (χ2n) is 4.87. The first-order valence-corrected chi connectivity index (χ1v) is 6.26. The third-order valence-electron chi connectivity index (χ3n) is 1.75. The molecule has 0 aliphatic heterocycles. The molecule has 110 valence electrons. The Morgan fingerprint density at radius 3 is 2.26 bits per heavy atom. The molecule has 0 fully saturated rings. The lowest BCUT2D eigenvalue weighted by atomic mass is 10.2. The maximum atomic E-state index is 11.2. The molecule has 0 aliphatic carbocycles. The van der Waals surface area contributed by atoms with Crippen LogP contribution >= 0.6 is 0 Å². The van der Waals surface area contributed by atoms with E-state index < -0.39 is 17.5 Å². The van der Waals surface area contributed by atoms with Gasteiger partial charge in [-0.25, -0.2) is 9.59 Å². The van der Waals surface area contributed by atoms with Gasteiger partial charge in [-0.3, -0.25) is 4.89 Å². The van der Waals surface area contributed by atoms with Crippen molar-refractivity contribution in [2.24, 2.45) is 0 Å². The number of hydrogen-bond acceptors (Lipinski definition) is 6. The van der Waals surface area contributed by atoms with Crippen molar-refractivity contribution in [3.05, 3.63) is 12.2 Å². The molecular formula is C13H22O6. The van der Waals surface area contributed by atoms with Crippen LogP contribution in [0.1, 0.15) is 47.0 Å². The highest BCUT2D eigenvalue weighted by atomic mass is 17.5. The molecule has 0 aliphatic rings. The fourth-order valence-electron chi connectivity index (χ4n) is 0.889. The van der Waals surface area contributed by atoms with Crippen LogP contribution in [0, 0.1) is 0 Å². The Morgan fingerprint density at radius 1 is 1.05 bits per heavy atom. The van der Waals surface area contributed by atoms with Gasteiger partial charge in [0.15, 0.2) is 0 Å². The first-order valence-electron chi connectivity index (χ1n) is 6.26. The number of unbranched alkanes of at least 4 members (excludes halogenated alkanes) is 2. The number of ether oxygens (including phenoxy) is 1. The third-order valence-corrected chi connectivity index (χ3v) is 1.75. The summed E-state index contributed by atoms with van der Waals surface area (Å²) in [4.78, 5) is 31.2. The predicted octanol–water partition coefficient (Wildman–Crippen LogP) is 2.48. The lowest BCUT2D eigenvalue weighted by Crippen LogP contribution is -2.20. The van der Waals surface area contributed by atoms with Gasteiger partial charge in [0.25, 0.3) is 0 Å². The maximum Gasteiger partial charge on any atom is 0.369 e. The van der Waals surface area contributed by atoms with Crippen molar-refractivity contribution in [3.63, 3.8) is 0 Å². The van der Waals surface area contributed by atoms with Gasteiger partial charge in [0.05, 0.1) is 12.2 Å². The van der Waals surface area contributed by atoms with Crippen LogP contribution in [0.3, 0.4) is 0 Å². The van der Waals surface area contributed by atoms with Crippen molar-refractivity contribution < 1.29 is 29.1 Å². The zero-order chi connectivity index (χ0) is 14.7. The SMILES string of the molecule is CCCCCOC(=O)/C=C/C(=O)OOOC(C)(C)C. The van der Waals surface area contributed by atoms with Gasteiger partial charge in [-0.05, 0) is 32.2 Å². The molecule has 19 heavy (non-hydrogen) atoms. The zero-order valence-electron chi connectivity index (χ0n) is 11.9. The van der Waals surface area contributed by atoms with E-state index in [-0.39, 0.29) is 0 Å². The molecule has 0 aromatic carbocycles. The standard InChI is InChI=1S/C13H22O6/c1-5-6-7-10-16-11(14)8-9-12(15)17-19-18-13(2,3)4/h8-9H,5-7,10H2,1-4H3/b9-8+. The lowest BCUT2D eigenvalue weighted by molar-refractivity contribution is -0.513. The molecule has 6 heteroatoms. The van der Waals surface area contributed by atoms with Gasteiger partial charge >= 0.3 is 11.9 Å². The minimum Gasteiger partial charge on any atom is -0.463 e. The third kappa shape index (κ3) is 12.8. The van der Waals surface area contributed by atoms with E-state index in [4.69, 9.17) is 9.62 Å². The van der Waals surface area contributed by atoms with Gasteiger partial charge < -0.3 is 4.74 Å². The summed E-state index contributed by atoms with van der Waals surface area (Å²) in [5, 5.41) is 4.25. The maximum absolute atomic E-state index is 11.2. The Labute approximate surface area is 113 Å². The van der Waals surface area contributed by atoms with Gasteiger partial charge in [0, 0.05) is 12.2 Å². The summed E-state index contributed by atoms with van der Waals surface area (Å²) in [6.45, 7) is 7.58. The van der Waals surface area contributed by atoms with E-state index in [9.17, 15) is 9.59 Å². The molecule has 0 amide bonds. The highest BCUT2D eigenvalue weighted by Crippen LogP contribution is 2.07. The van der Waals surface area contributed by atoms with E-state index in [1.54, 1.807) is 20.8 Å². The van der Waals surface area contributed by atoms with Crippen molar-refractivity contribution in [1.29, 1.82) is 0 Å². The van der Waals surface area contributed by atoms with Crippen LogP contribution in [0.4, 0.5) is 0 Å². The Hall–Kier alpha value is -1.40. The van der Waals surface area contributed by atoms with Gasteiger partial charge in [-0.15, -0.1) is 0 Å². The summed E-state index contributed by atoms with van der Waals surface area (Å²) >= 11 is 0. The molecule has 0 heterocycles. The Bertz CT molecular complexity index is 303. The molecule has 0 bridgehead atoms. The largest absolute Gasteiger partial charge is 0.463 e. The fraction of sp³-hybridized carbons (Fsp3) is 0.692. The molecule has 0 spiro atoms. The van der Waals surface area contributed by atoms with Crippen molar-refractivity contribution in [2.75, 3.05) is 6.61 Å². The van der Waals surface area contributed by atoms with Crippen molar-refractivity contribution in [1.82, 2.24) is 0 Å². The number of esters is 1. The Balaban J connectivity index is 3.73. The summed E-state index contributed by atoms with van der Waals surface area (Å²) in [6.07, 6.45) is 4.74. The topological polar surface area (TPSA) is 71.1 Å². The summed E-state index contributed by atoms with van der Waals surface area (Å²) in [5.41, 5.74) is -0.595. The van der Waals surface area contributed by atoms with Gasteiger partial charge in [-0.2, -0.15) is 4.89 Å². The summed E-state index contributed by atoms with van der Waals surface area (Å²) < 4.78 is 4.85. The summed E-state index contributed by atoms with van der Waals surface area (Å²) in [5.74, 6) is -1.44. The van der Waals surface area contributed by atoms with Crippen LogP contribution in [0.15, 0.2) is 12.2 Å². The fourth-order valence-corrected chi connectivity index (χ4v) is 0.889. The minimum absolute atomic E-state index is 0.343. The van der Waals surface area contributed by atoms with E-state index in [1.165, 1.54) is 0 Å². The smallest absolute Gasteiger partial charge is 0.369 e. The quantitative estimate of drug-likeness (QED) is 0.223. The Kier molecular flexibility index (Phi) is 8.82. The Morgan fingerprint density at radius 2 is 1.68 bits per heavy atom. The number of carbonyl (C=O) groups excluding carboxylic acids is 2.